The molecule has 128 valence electrons. The van der Waals surface area contributed by atoms with Crippen LogP contribution in [0.1, 0.15) is 22.3 Å². The van der Waals surface area contributed by atoms with Gasteiger partial charge >= 0.3 is 12.4 Å². The average Bonchev–Trinajstić information content (AvgIpc) is 2.44. The lowest BCUT2D eigenvalue weighted by Crippen LogP contribution is -2.11. The minimum atomic E-state index is -4.91. The van der Waals surface area contributed by atoms with Crippen molar-refractivity contribution in [1.82, 2.24) is 0 Å². The van der Waals surface area contributed by atoms with E-state index in [2.05, 4.69) is 0 Å². The SMILES string of the molecule is Oc1cc(Cl)ccc1/C=C/c1cc(C(F)(F)F)cc(C(F)(F)F)c1. The van der Waals surface area contributed by atoms with Gasteiger partial charge in [-0.1, -0.05) is 23.8 Å². The maximum Gasteiger partial charge on any atom is 0.416 e. The molecule has 0 fully saturated rings. The quantitative estimate of drug-likeness (QED) is 0.491. The van der Waals surface area contributed by atoms with E-state index in [0.717, 1.165) is 6.08 Å². The molecule has 0 aliphatic carbocycles. The molecule has 0 aromatic heterocycles. The molecule has 1 nitrogen and oxygen atoms in total. The molecule has 0 radical (unpaired) electrons. The molecule has 8 heteroatoms. The first-order valence-corrected chi connectivity index (χ1v) is 6.81. The highest BCUT2D eigenvalue weighted by Gasteiger charge is 2.36. The lowest BCUT2D eigenvalue weighted by molar-refractivity contribution is -0.143. The van der Waals surface area contributed by atoms with Crippen LogP contribution in [0.25, 0.3) is 12.2 Å². The van der Waals surface area contributed by atoms with Crippen LogP contribution in [0.15, 0.2) is 36.4 Å². The highest BCUT2D eigenvalue weighted by molar-refractivity contribution is 6.30. The van der Waals surface area contributed by atoms with E-state index in [1.165, 1.54) is 24.3 Å². The molecule has 0 heterocycles. The summed E-state index contributed by atoms with van der Waals surface area (Å²) >= 11 is 5.64. The van der Waals surface area contributed by atoms with Crippen LogP contribution in [0.4, 0.5) is 26.3 Å². The van der Waals surface area contributed by atoms with E-state index in [4.69, 9.17) is 11.6 Å². The van der Waals surface area contributed by atoms with Gasteiger partial charge in [-0.05, 0) is 42.0 Å². The normalized spacial score (nSPS) is 12.8. The Morgan fingerprint density at radius 2 is 1.33 bits per heavy atom. The first-order valence-electron chi connectivity index (χ1n) is 6.43. The molecular weight excluding hydrogens is 358 g/mol. The van der Waals surface area contributed by atoms with E-state index in [0.29, 0.717) is 12.1 Å². The number of phenolic OH excluding ortho intramolecular Hbond substituents is 1. The van der Waals surface area contributed by atoms with E-state index in [9.17, 15) is 31.4 Å². The zero-order valence-corrected chi connectivity index (χ0v) is 12.5. The number of rotatable bonds is 2. The predicted molar refractivity (Wildman–Crippen MR) is 78.5 cm³/mol. The molecule has 0 aliphatic rings. The number of benzene rings is 2. The molecule has 0 aliphatic heterocycles. The van der Waals surface area contributed by atoms with Gasteiger partial charge in [-0.25, -0.2) is 0 Å². The van der Waals surface area contributed by atoms with Crippen molar-refractivity contribution in [1.29, 1.82) is 0 Å². The van der Waals surface area contributed by atoms with Crippen LogP contribution in [0.2, 0.25) is 5.02 Å². The van der Waals surface area contributed by atoms with Crippen LogP contribution < -0.4 is 0 Å². The van der Waals surface area contributed by atoms with Crippen molar-refractivity contribution >= 4 is 23.8 Å². The van der Waals surface area contributed by atoms with Gasteiger partial charge in [-0.3, -0.25) is 0 Å². The van der Waals surface area contributed by atoms with Gasteiger partial charge in [-0.15, -0.1) is 0 Å². The van der Waals surface area contributed by atoms with Crippen molar-refractivity contribution in [3.05, 3.63) is 63.7 Å². The van der Waals surface area contributed by atoms with Crippen molar-refractivity contribution in [2.24, 2.45) is 0 Å². The predicted octanol–water partition coefficient (Wildman–Crippen LogP) is 6.25. The van der Waals surface area contributed by atoms with E-state index in [1.807, 2.05) is 0 Å². The number of halogens is 7. The Labute approximate surface area is 137 Å². The van der Waals surface area contributed by atoms with Gasteiger partial charge in [0, 0.05) is 10.6 Å². The first-order chi connectivity index (χ1) is 11.0. The van der Waals surface area contributed by atoms with Crippen LogP contribution in [0.3, 0.4) is 0 Å². The van der Waals surface area contributed by atoms with Crippen molar-refractivity contribution in [2.45, 2.75) is 12.4 Å². The third kappa shape index (κ3) is 4.44. The fraction of sp³-hybridized carbons (Fsp3) is 0.125. The zero-order valence-electron chi connectivity index (χ0n) is 11.7. The molecule has 0 saturated carbocycles. The Balaban J connectivity index is 2.47. The zero-order chi connectivity index (χ0) is 18.1. The maximum atomic E-state index is 12.8. The van der Waals surface area contributed by atoms with E-state index in [1.54, 1.807) is 0 Å². The van der Waals surface area contributed by atoms with Crippen LogP contribution in [-0.4, -0.2) is 5.11 Å². The average molecular weight is 367 g/mol. The highest BCUT2D eigenvalue weighted by atomic mass is 35.5. The van der Waals surface area contributed by atoms with E-state index >= 15 is 0 Å². The number of phenols is 1. The molecule has 0 saturated heterocycles. The van der Waals surface area contributed by atoms with Gasteiger partial charge in [0.05, 0.1) is 11.1 Å². The summed E-state index contributed by atoms with van der Waals surface area (Å²) in [6, 6.07) is 5.25. The van der Waals surface area contributed by atoms with Crippen LogP contribution in [0, 0.1) is 0 Å². The molecule has 0 spiro atoms. The summed E-state index contributed by atoms with van der Waals surface area (Å²) in [5, 5.41) is 9.88. The number of aromatic hydroxyl groups is 1. The van der Waals surface area contributed by atoms with Crippen LogP contribution in [0.5, 0.6) is 5.75 Å². The highest BCUT2D eigenvalue weighted by Crippen LogP contribution is 2.36. The minimum absolute atomic E-state index is 0.0527. The van der Waals surface area contributed by atoms with Gasteiger partial charge in [0.1, 0.15) is 5.75 Å². The summed E-state index contributed by atoms with van der Waals surface area (Å²) in [4.78, 5) is 0. The smallest absolute Gasteiger partial charge is 0.416 e. The Morgan fingerprint density at radius 3 is 1.79 bits per heavy atom. The molecule has 1 N–H and O–H groups in total. The Bertz CT molecular complexity index is 745. The molecule has 0 unspecified atom stereocenters. The summed E-state index contributed by atoms with van der Waals surface area (Å²) in [7, 11) is 0. The van der Waals surface area contributed by atoms with Crippen molar-refractivity contribution in [3.8, 4) is 5.75 Å². The second-order valence-corrected chi connectivity index (χ2v) is 5.31. The lowest BCUT2D eigenvalue weighted by atomic mass is 10.0. The summed E-state index contributed by atoms with van der Waals surface area (Å²) < 4.78 is 76.6. The second-order valence-electron chi connectivity index (χ2n) is 4.88. The maximum absolute atomic E-state index is 12.8. The minimum Gasteiger partial charge on any atom is -0.507 e. The topological polar surface area (TPSA) is 20.2 Å². The van der Waals surface area contributed by atoms with E-state index < -0.39 is 23.5 Å². The largest absolute Gasteiger partial charge is 0.507 e. The molecular formula is C16H9ClF6O. The standard InChI is InChI=1S/C16H9ClF6O/c17-13-4-3-10(14(24)8-13)2-1-9-5-11(15(18,19)20)7-12(6-9)16(21,22)23/h1-8,24H/b2-1+. The summed E-state index contributed by atoms with van der Waals surface area (Å²) in [5.74, 6) is -0.248. The molecule has 2 aromatic rings. The fourth-order valence-electron chi connectivity index (χ4n) is 1.92. The van der Waals surface area contributed by atoms with E-state index in [-0.39, 0.29) is 28.0 Å². The number of alkyl halides is 6. The van der Waals surface area contributed by atoms with Crippen molar-refractivity contribution < 1.29 is 31.4 Å². The molecule has 0 bridgehead atoms. The molecule has 2 aromatic carbocycles. The lowest BCUT2D eigenvalue weighted by Gasteiger charge is -2.13. The number of hydrogen-bond acceptors (Lipinski definition) is 1. The second kappa shape index (κ2) is 6.39. The number of hydrogen-bond donors (Lipinski definition) is 1. The van der Waals surface area contributed by atoms with Crippen LogP contribution >= 0.6 is 11.6 Å². The fourth-order valence-corrected chi connectivity index (χ4v) is 2.09. The Hall–Kier alpha value is -2.15. The summed E-state index contributed by atoms with van der Waals surface area (Å²) in [5.41, 5.74) is -2.91. The third-order valence-electron chi connectivity index (χ3n) is 3.06. The third-order valence-corrected chi connectivity index (χ3v) is 3.29. The first kappa shape index (κ1) is 18.2. The molecule has 0 amide bonds. The molecule has 24 heavy (non-hydrogen) atoms. The van der Waals surface area contributed by atoms with Gasteiger partial charge in [-0.2, -0.15) is 26.3 Å². The van der Waals surface area contributed by atoms with Gasteiger partial charge in [0.15, 0.2) is 0 Å². The van der Waals surface area contributed by atoms with Crippen molar-refractivity contribution in [2.75, 3.05) is 0 Å². The van der Waals surface area contributed by atoms with Gasteiger partial charge in [0.2, 0.25) is 0 Å². The summed E-state index contributed by atoms with van der Waals surface area (Å²) in [6.45, 7) is 0. The Morgan fingerprint density at radius 1 is 0.792 bits per heavy atom. The van der Waals surface area contributed by atoms with Crippen LogP contribution in [-0.2, 0) is 12.4 Å². The van der Waals surface area contributed by atoms with Gasteiger partial charge < -0.3 is 5.11 Å². The van der Waals surface area contributed by atoms with Crippen molar-refractivity contribution in [3.63, 3.8) is 0 Å². The Kier molecular flexibility index (Phi) is 4.85. The molecule has 0 atom stereocenters. The van der Waals surface area contributed by atoms with Gasteiger partial charge in [0.25, 0.3) is 0 Å². The monoisotopic (exact) mass is 366 g/mol. The molecule has 2 rings (SSSR count). The summed E-state index contributed by atoms with van der Waals surface area (Å²) in [6.07, 6.45) is -7.58.